The molecule has 0 aliphatic heterocycles. The smallest absolute Gasteiger partial charge is 0.149 e. The predicted molar refractivity (Wildman–Crippen MR) is 80.0 cm³/mol. The summed E-state index contributed by atoms with van der Waals surface area (Å²) in [6.45, 7) is 2.84. The first-order valence-electron chi connectivity index (χ1n) is 6.33. The summed E-state index contributed by atoms with van der Waals surface area (Å²) in [6, 6.07) is 6.40. The number of hydrogen-bond donors (Lipinski definition) is 0. The van der Waals surface area contributed by atoms with Crippen molar-refractivity contribution in [2.24, 2.45) is 0 Å². The fraction of sp³-hybridized carbons (Fsp3) is 0.267. The summed E-state index contributed by atoms with van der Waals surface area (Å²) in [5, 5.41) is 0.428. The molecule has 0 saturated heterocycles. The van der Waals surface area contributed by atoms with Crippen LogP contribution in [0.5, 0.6) is 0 Å². The Morgan fingerprint density at radius 3 is 2.20 bits per heavy atom. The molecule has 1 aromatic heterocycles. The van der Waals surface area contributed by atoms with E-state index in [9.17, 15) is 8.78 Å². The zero-order valence-electron chi connectivity index (χ0n) is 11.1. The highest BCUT2D eigenvalue weighted by atomic mass is 79.9. The molecule has 2 rings (SSSR count). The summed E-state index contributed by atoms with van der Waals surface area (Å²) in [5.74, 6) is -1.06. The van der Waals surface area contributed by atoms with Gasteiger partial charge in [0, 0.05) is 30.8 Å². The summed E-state index contributed by atoms with van der Waals surface area (Å²) in [4.78, 5) is 5.62. The molecular weight excluding hydrogens is 326 g/mol. The standard InChI is InChI=1S/C15H15BrF2N2/c1-2-20(10-11-3-5-19-6-4-11)15-13(17)7-12(9-16)8-14(15)18/h3-8H,2,9-10H2,1H3. The molecule has 20 heavy (non-hydrogen) atoms. The Morgan fingerprint density at radius 2 is 1.70 bits per heavy atom. The Bertz CT molecular complexity index is 552. The highest BCUT2D eigenvalue weighted by Crippen LogP contribution is 2.27. The van der Waals surface area contributed by atoms with Crippen LogP contribution in [-0.4, -0.2) is 11.5 Å². The quantitative estimate of drug-likeness (QED) is 0.755. The van der Waals surface area contributed by atoms with Crippen molar-refractivity contribution in [2.45, 2.75) is 18.8 Å². The van der Waals surface area contributed by atoms with Crippen LogP contribution in [0, 0.1) is 11.6 Å². The van der Waals surface area contributed by atoms with Gasteiger partial charge in [-0.25, -0.2) is 8.78 Å². The number of alkyl halides is 1. The van der Waals surface area contributed by atoms with Crippen LogP contribution in [0.25, 0.3) is 0 Å². The summed E-state index contributed by atoms with van der Waals surface area (Å²) < 4.78 is 28.2. The van der Waals surface area contributed by atoms with E-state index in [2.05, 4.69) is 20.9 Å². The summed E-state index contributed by atoms with van der Waals surface area (Å²) in [7, 11) is 0. The lowest BCUT2D eigenvalue weighted by molar-refractivity contribution is 0.569. The van der Waals surface area contributed by atoms with Crippen LogP contribution < -0.4 is 4.90 Å². The number of aromatic nitrogens is 1. The van der Waals surface area contributed by atoms with E-state index in [0.29, 0.717) is 24.0 Å². The molecule has 1 heterocycles. The normalized spacial score (nSPS) is 10.6. The minimum atomic E-state index is -0.532. The van der Waals surface area contributed by atoms with E-state index in [1.54, 1.807) is 17.3 Å². The van der Waals surface area contributed by atoms with Gasteiger partial charge in [-0.05, 0) is 42.3 Å². The van der Waals surface area contributed by atoms with Crippen molar-refractivity contribution < 1.29 is 8.78 Å². The number of anilines is 1. The average molecular weight is 341 g/mol. The molecule has 0 unspecified atom stereocenters. The van der Waals surface area contributed by atoms with Gasteiger partial charge in [-0.3, -0.25) is 4.98 Å². The fourth-order valence-electron chi connectivity index (χ4n) is 2.05. The number of halogens is 3. The first kappa shape index (κ1) is 14.9. The van der Waals surface area contributed by atoms with Crippen molar-refractivity contribution >= 4 is 21.6 Å². The lowest BCUT2D eigenvalue weighted by atomic mass is 10.1. The van der Waals surface area contributed by atoms with Crippen molar-refractivity contribution in [3.8, 4) is 0 Å². The molecule has 0 N–H and O–H groups in total. The van der Waals surface area contributed by atoms with Crippen LogP contribution in [0.4, 0.5) is 14.5 Å². The Hall–Kier alpha value is -1.49. The summed E-state index contributed by atoms with van der Waals surface area (Å²) in [5.41, 5.74) is 1.57. The topological polar surface area (TPSA) is 16.1 Å². The molecule has 2 nitrogen and oxygen atoms in total. The third-order valence-corrected chi connectivity index (χ3v) is 3.70. The molecule has 0 amide bonds. The van der Waals surface area contributed by atoms with Gasteiger partial charge in [-0.1, -0.05) is 15.9 Å². The fourth-order valence-corrected chi connectivity index (χ4v) is 2.38. The van der Waals surface area contributed by atoms with Gasteiger partial charge in [0.2, 0.25) is 0 Å². The molecule has 0 spiro atoms. The zero-order chi connectivity index (χ0) is 14.5. The Morgan fingerprint density at radius 1 is 1.10 bits per heavy atom. The van der Waals surface area contributed by atoms with E-state index in [0.717, 1.165) is 5.56 Å². The number of rotatable bonds is 5. The summed E-state index contributed by atoms with van der Waals surface area (Å²) in [6.07, 6.45) is 3.34. The summed E-state index contributed by atoms with van der Waals surface area (Å²) >= 11 is 3.20. The van der Waals surface area contributed by atoms with Gasteiger partial charge in [0.25, 0.3) is 0 Å². The molecule has 0 radical (unpaired) electrons. The molecule has 0 bridgehead atoms. The van der Waals surface area contributed by atoms with Crippen LogP contribution in [0.1, 0.15) is 18.1 Å². The molecule has 0 fully saturated rings. The molecule has 1 aromatic carbocycles. The first-order chi connectivity index (χ1) is 9.65. The van der Waals surface area contributed by atoms with Crippen molar-refractivity contribution in [1.82, 2.24) is 4.98 Å². The van der Waals surface area contributed by atoms with Gasteiger partial charge in [0.05, 0.1) is 0 Å². The SMILES string of the molecule is CCN(Cc1ccncc1)c1c(F)cc(CBr)cc1F. The second-order valence-electron chi connectivity index (χ2n) is 4.41. The van der Waals surface area contributed by atoms with Crippen molar-refractivity contribution in [2.75, 3.05) is 11.4 Å². The number of nitrogens with zero attached hydrogens (tertiary/aromatic N) is 2. The van der Waals surface area contributed by atoms with Crippen LogP contribution in [0.3, 0.4) is 0 Å². The Kier molecular flexibility index (Phi) is 5.06. The van der Waals surface area contributed by atoms with Crippen molar-refractivity contribution in [3.05, 3.63) is 59.4 Å². The van der Waals surface area contributed by atoms with E-state index >= 15 is 0 Å². The van der Waals surface area contributed by atoms with E-state index in [1.807, 2.05) is 19.1 Å². The maximum atomic E-state index is 14.1. The lowest BCUT2D eigenvalue weighted by Crippen LogP contribution is -2.24. The second kappa shape index (κ2) is 6.79. The second-order valence-corrected chi connectivity index (χ2v) is 4.97. The van der Waals surface area contributed by atoms with Crippen molar-refractivity contribution in [1.29, 1.82) is 0 Å². The molecule has 0 aliphatic rings. The van der Waals surface area contributed by atoms with Gasteiger partial charge in [-0.15, -0.1) is 0 Å². The number of benzene rings is 1. The molecule has 2 aromatic rings. The van der Waals surface area contributed by atoms with Gasteiger partial charge in [-0.2, -0.15) is 0 Å². The third kappa shape index (κ3) is 3.33. The number of hydrogen-bond acceptors (Lipinski definition) is 2. The third-order valence-electron chi connectivity index (χ3n) is 3.05. The molecule has 106 valence electrons. The zero-order valence-corrected chi connectivity index (χ0v) is 12.7. The van der Waals surface area contributed by atoms with Gasteiger partial charge in [0.15, 0.2) is 0 Å². The highest BCUT2D eigenvalue weighted by molar-refractivity contribution is 9.08. The van der Waals surface area contributed by atoms with Gasteiger partial charge >= 0.3 is 0 Å². The average Bonchev–Trinajstić information content (AvgIpc) is 2.46. The maximum Gasteiger partial charge on any atom is 0.149 e. The van der Waals surface area contributed by atoms with Gasteiger partial charge < -0.3 is 4.90 Å². The van der Waals surface area contributed by atoms with E-state index in [-0.39, 0.29) is 5.69 Å². The molecule has 0 saturated carbocycles. The minimum absolute atomic E-state index is 0.0222. The molecule has 0 atom stereocenters. The largest absolute Gasteiger partial charge is 0.363 e. The number of pyridine rings is 1. The monoisotopic (exact) mass is 340 g/mol. The van der Waals surface area contributed by atoms with Crippen molar-refractivity contribution in [3.63, 3.8) is 0 Å². The van der Waals surface area contributed by atoms with Crippen LogP contribution in [0.15, 0.2) is 36.7 Å². The van der Waals surface area contributed by atoms with E-state index < -0.39 is 11.6 Å². The highest BCUT2D eigenvalue weighted by Gasteiger charge is 2.17. The Balaban J connectivity index is 2.32. The van der Waals surface area contributed by atoms with Crippen LogP contribution in [0.2, 0.25) is 0 Å². The molecule has 5 heteroatoms. The minimum Gasteiger partial charge on any atom is -0.363 e. The van der Waals surface area contributed by atoms with Crippen LogP contribution in [-0.2, 0) is 11.9 Å². The van der Waals surface area contributed by atoms with E-state index in [4.69, 9.17) is 0 Å². The predicted octanol–water partition coefficient (Wildman–Crippen LogP) is 4.28. The van der Waals surface area contributed by atoms with Crippen LogP contribution >= 0.6 is 15.9 Å². The molecular formula is C15H15BrF2N2. The lowest BCUT2D eigenvalue weighted by Gasteiger charge is -2.24. The first-order valence-corrected chi connectivity index (χ1v) is 7.45. The van der Waals surface area contributed by atoms with Gasteiger partial charge in [0.1, 0.15) is 17.3 Å². The Labute approximate surface area is 125 Å². The maximum absolute atomic E-state index is 14.1. The molecule has 0 aliphatic carbocycles. The van der Waals surface area contributed by atoms with E-state index in [1.165, 1.54) is 12.1 Å².